The van der Waals surface area contributed by atoms with E-state index in [4.69, 9.17) is 0 Å². The van der Waals surface area contributed by atoms with Gasteiger partial charge in [-0.3, -0.25) is 4.39 Å². The fourth-order valence-corrected chi connectivity index (χ4v) is 0.0891. The Morgan fingerprint density at radius 1 is 1.38 bits per heavy atom. The Balaban J connectivity index is 0. The van der Waals surface area contributed by atoms with E-state index in [1.165, 1.54) is 13.0 Å². The molecule has 0 N–H and O–H groups in total. The van der Waals surface area contributed by atoms with Crippen LogP contribution in [0.4, 0.5) is 8.78 Å². The van der Waals surface area contributed by atoms with Crippen molar-refractivity contribution in [3.8, 4) is 0 Å². The molecule has 0 aliphatic heterocycles. The highest BCUT2D eigenvalue weighted by atomic mass is 19.1. The summed E-state index contributed by atoms with van der Waals surface area (Å²) >= 11 is 0. The third kappa shape index (κ3) is 46.3. The number of alkyl halides is 2. The van der Waals surface area contributed by atoms with Crippen LogP contribution in [-0.2, 0) is 0 Å². The predicted octanol–water partition coefficient (Wildman–Crippen LogP) is 2.51. The summed E-state index contributed by atoms with van der Waals surface area (Å²) in [6.07, 6.45) is 3.14. The molecule has 0 heterocycles. The third-order valence-corrected chi connectivity index (χ3v) is 0.325. The zero-order chi connectivity index (χ0) is 6.83. The lowest BCUT2D eigenvalue weighted by molar-refractivity contribution is 0.527. The van der Waals surface area contributed by atoms with Gasteiger partial charge in [0, 0.05) is 0 Å². The highest BCUT2D eigenvalue weighted by molar-refractivity contribution is 4.74. The van der Waals surface area contributed by atoms with Crippen LogP contribution in [0.15, 0.2) is 12.2 Å². The van der Waals surface area contributed by atoms with Gasteiger partial charge in [-0.1, -0.05) is 12.2 Å². The maximum absolute atomic E-state index is 10.9. The van der Waals surface area contributed by atoms with Crippen LogP contribution >= 0.6 is 0 Å². The molecule has 0 saturated heterocycles. The first-order valence-electron chi connectivity index (χ1n) is 2.56. The lowest BCUT2D eigenvalue weighted by atomic mass is 10.6. The van der Waals surface area contributed by atoms with Crippen LogP contribution in [-0.4, -0.2) is 13.3 Å². The minimum absolute atomic E-state index is 0.250. The summed E-state index contributed by atoms with van der Waals surface area (Å²) < 4.78 is 21.2. The van der Waals surface area contributed by atoms with Crippen LogP contribution in [0.2, 0.25) is 0 Å². The predicted molar refractivity (Wildman–Crippen MR) is 32.4 cm³/mol. The van der Waals surface area contributed by atoms with Gasteiger partial charge in [-0.2, -0.15) is 0 Å². The first kappa shape index (κ1) is 10.6. The van der Waals surface area contributed by atoms with Crippen molar-refractivity contribution in [2.24, 2.45) is 0 Å². The lowest BCUT2D eigenvalue weighted by Gasteiger charge is -1.62. The zero-order valence-electron chi connectivity index (χ0n) is 5.32. The molecule has 0 amide bonds. The maximum atomic E-state index is 10.9. The van der Waals surface area contributed by atoms with Crippen molar-refractivity contribution < 1.29 is 8.78 Å². The summed E-state index contributed by atoms with van der Waals surface area (Å²) in [5, 5.41) is 0. The molecule has 0 radical (unpaired) electrons. The molecule has 50 valence electrons. The minimum Gasteiger partial charge on any atom is -0.251 e. The van der Waals surface area contributed by atoms with Gasteiger partial charge in [-0.25, -0.2) is 4.39 Å². The lowest BCUT2D eigenvalue weighted by Crippen LogP contribution is -1.53. The highest BCUT2D eigenvalue weighted by Crippen LogP contribution is 1.67. The second-order valence-corrected chi connectivity index (χ2v) is 0.991. The van der Waals surface area contributed by atoms with E-state index >= 15 is 0 Å². The zero-order valence-corrected chi connectivity index (χ0v) is 5.32. The van der Waals surface area contributed by atoms with Crippen molar-refractivity contribution in [2.45, 2.75) is 13.8 Å². The average molecular weight is 122 g/mol. The minimum atomic E-state index is -0.337. The van der Waals surface area contributed by atoms with Crippen LogP contribution in [0.1, 0.15) is 13.8 Å². The molecule has 0 fully saturated rings. The van der Waals surface area contributed by atoms with Crippen molar-refractivity contribution in [1.29, 1.82) is 0 Å². The van der Waals surface area contributed by atoms with Crippen LogP contribution in [0.25, 0.3) is 0 Å². The summed E-state index contributed by atoms with van der Waals surface area (Å²) in [6, 6.07) is 0. The van der Waals surface area contributed by atoms with Gasteiger partial charge in [0.05, 0.1) is 6.67 Å². The Bertz CT molecular complexity index is 41.8. The van der Waals surface area contributed by atoms with Crippen molar-refractivity contribution in [1.82, 2.24) is 0 Å². The van der Waals surface area contributed by atoms with E-state index in [-0.39, 0.29) is 13.3 Å². The number of halogens is 2. The molecule has 0 aliphatic carbocycles. The monoisotopic (exact) mass is 122 g/mol. The molecular weight excluding hydrogens is 110 g/mol. The molecule has 0 aromatic carbocycles. The fourth-order valence-electron chi connectivity index (χ4n) is 0.0891. The van der Waals surface area contributed by atoms with E-state index in [0.29, 0.717) is 0 Å². The van der Waals surface area contributed by atoms with Gasteiger partial charge in [0.25, 0.3) is 0 Å². The normalized spacial score (nSPS) is 8.50. The topological polar surface area (TPSA) is 0 Å². The maximum Gasteiger partial charge on any atom is 0.108 e. The number of allylic oxidation sites excluding steroid dienone is 2. The summed E-state index contributed by atoms with van der Waals surface area (Å²) in [7, 11) is 0. The first-order chi connectivity index (χ1) is 3.83. The molecule has 0 bridgehead atoms. The molecule has 0 aliphatic rings. The molecule has 0 nitrogen and oxygen atoms in total. The summed E-state index contributed by atoms with van der Waals surface area (Å²) in [6.45, 7) is 2.66. The summed E-state index contributed by atoms with van der Waals surface area (Å²) in [5.41, 5.74) is 0. The molecule has 0 atom stereocenters. The summed E-state index contributed by atoms with van der Waals surface area (Å²) in [4.78, 5) is 0. The van der Waals surface area contributed by atoms with E-state index in [0.717, 1.165) is 0 Å². The number of hydrogen-bond donors (Lipinski definition) is 0. The van der Waals surface area contributed by atoms with E-state index in [9.17, 15) is 8.78 Å². The van der Waals surface area contributed by atoms with Gasteiger partial charge in [-0.15, -0.1) is 0 Å². The molecule has 8 heavy (non-hydrogen) atoms. The van der Waals surface area contributed by atoms with Crippen LogP contribution in [0, 0.1) is 0 Å². The van der Waals surface area contributed by atoms with Gasteiger partial charge in [0.1, 0.15) is 6.67 Å². The Hall–Kier alpha value is -0.400. The van der Waals surface area contributed by atoms with Gasteiger partial charge in [0.2, 0.25) is 0 Å². The van der Waals surface area contributed by atoms with Crippen LogP contribution in [0.3, 0.4) is 0 Å². The van der Waals surface area contributed by atoms with Crippen molar-refractivity contribution in [3.63, 3.8) is 0 Å². The molecular formula is C6H12F2. The largest absolute Gasteiger partial charge is 0.251 e. The average Bonchev–Trinajstić information content (AvgIpc) is 1.71. The standard InChI is InChI=1S/C4H7F.C2H5F/c1-2-3-4-5;1-2-3/h2-3H,4H2,1H3;2H2,1H3. The van der Waals surface area contributed by atoms with E-state index in [1.807, 2.05) is 0 Å². The Labute approximate surface area is 49.2 Å². The van der Waals surface area contributed by atoms with Gasteiger partial charge < -0.3 is 0 Å². The molecule has 2 heteroatoms. The van der Waals surface area contributed by atoms with Gasteiger partial charge in [0.15, 0.2) is 0 Å². The quantitative estimate of drug-likeness (QED) is 0.469. The Kier molecular flexibility index (Phi) is 21.1. The van der Waals surface area contributed by atoms with Crippen LogP contribution < -0.4 is 0 Å². The molecule has 0 aromatic rings. The van der Waals surface area contributed by atoms with Gasteiger partial charge >= 0.3 is 0 Å². The van der Waals surface area contributed by atoms with Crippen molar-refractivity contribution in [3.05, 3.63) is 12.2 Å². The van der Waals surface area contributed by atoms with Crippen LogP contribution in [0.5, 0.6) is 0 Å². The van der Waals surface area contributed by atoms with Crippen molar-refractivity contribution >= 4 is 0 Å². The molecule has 0 aromatic heterocycles. The third-order valence-electron chi connectivity index (χ3n) is 0.325. The molecule has 0 unspecified atom stereocenters. The Morgan fingerprint density at radius 2 is 1.75 bits per heavy atom. The second-order valence-electron chi connectivity index (χ2n) is 0.991. The SMILES string of the molecule is CC=CCF.CCF. The highest BCUT2D eigenvalue weighted by Gasteiger charge is 1.56. The molecule has 0 saturated carbocycles. The number of hydrogen-bond acceptors (Lipinski definition) is 0. The van der Waals surface area contributed by atoms with E-state index in [2.05, 4.69) is 0 Å². The molecule has 0 rings (SSSR count). The van der Waals surface area contributed by atoms with Gasteiger partial charge in [-0.05, 0) is 13.8 Å². The Morgan fingerprint density at radius 3 is 1.75 bits per heavy atom. The first-order valence-corrected chi connectivity index (χ1v) is 2.56. The molecule has 0 spiro atoms. The smallest absolute Gasteiger partial charge is 0.108 e. The second kappa shape index (κ2) is 16.0. The summed E-state index contributed by atoms with van der Waals surface area (Å²) in [5.74, 6) is 0. The number of rotatable bonds is 1. The van der Waals surface area contributed by atoms with E-state index < -0.39 is 0 Å². The fraction of sp³-hybridized carbons (Fsp3) is 0.667. The van der Waals surface area contributed by atoms with Crippen molar-refractivity contribution in [2.75, 3.05) is 13.3 Å². The van der Waals surface area contributed by atoms with E-state index in [1.54, 1.807) is 13.0 Å².